The van der Waals surface area contributed by atoms with Crippen molar-refractivity contribution in [3.8, 4) is 5.75 Å². The molecule has 33 heavy (non-hydrogen) atoms. The molecule has 0 saturated carbocycles. The first-order chi connectivity index (χ1) is 15.7. The molecule has 0 bridgehead atoms. The molecule has 1 aliphatic heterocycles. The van der Waals surface area contributed by atoms with E-state index in [0.717, 1.165) is 17.8 Å². The fourth-order valence-corrected chi connectivity index (χ4v) is 4.41. The van der Waals surface area contributed by atoms with E-state index in [-0.39, 0.29) is 17.0 Å². The van der Waals surface area contributed by atoms with Crippen LogP contribution in [0, 0.1) is 0 Å². The quantitative estimate of drug-likeness (QED) is 0.654. The van der Waals surface area contributed by atoms with Gasteiger partial charge in [0.2, 0.25) is 0 Å². The molecule has 0 fully saturated rings. The smallest absolute Gasteiger partial charge is 0.416 e. The Morgan fingerprint density at radius 2 is 1.88 bits per heavy atom. The van der Waals surface area contributed by atoms with Crippen LogP contribution in [0.2, 0.25) is 0 Å². The number of benzene rings is 2. The number of ether oxygens (including phenoxy) is 1. The van der Waals surface area contributed by atoms with E-state index in [0.29, 0.717) is 41.8 Å². The van der Waals surface area contributed by atoms with Gasteiger partial charge in [0.15, 0.2) is 5.78 Å². The summed E-state index contributed by atoms with van der Waals surface area (Å²) in [6.07, 6.45) is -2.75. The third kappa shape index (κ3) is 4.51. The number of hydrogen-bond acceptors (Lipinski definition) is 4. The topological polar surface area (TPSA) is 67.4 Å². The number of carbonyl (C=O) groups is 2. The second kappa shape index (κ2) is 8.77. The minimum Gasteiger partial charge on any atom is -0.497 e. The van der Waals surface area contributed by atoms with E-state index in [9.17, 15) is 22.8 Å². The zero-order chi connectivity index (χ0) is 23.8. The molecule has 1 aliphatic carbocycles. The summed E-state index contributed by atoms with van der Waals surface area (Å²) in [7, 11) is 1.53. The maximum absolute atomic E-state index is 13.4. The zero-order valence-electron chi connectivity index (χ0n) is 18.2. The molecule has 1 atom stereocenters. The minimum atomic E-state index is -4.53. The molecule has 0 spiro atoms. The van der Waals surface area contributed by atoms with E-state index < -0.39 is 23.6 Å². The van der Waals surface area contributed by atoms with Gasteiger partial charge >= 0.3 is 6.18 Å². The Balaban J connectivity index is 1.76. The van der Waals surface area contributed by atoms with Crippen LogP contribution < -0.4 is 15.4 Å². The molecular formula is C25H23F3N2O3. The summed E-state index contributed by atoms with van der Waals surface area (Å²) in [6.45, 7) is 1.73. The summed E-state index contributed by atoms with van der Waals surface area (Å²) in [5, 5.41) is 5.79. The molecule has 2 aromatic carbocycles. The number of rotatable bonds is 4. The van der Waals surface area contributed by atoms with Gasteiger partial charge in [0, 0.05) is 40.6 Å². The molecule has 2 N–H and O–H groups in total. The van der Waals surface area contributed by atoms with Gasteiger partial charge in [0.1, 0.15) is 5.75 Å². The first-order valence-corrected chi connectivity index (χ1v) is 10.6. The van der Waals surface area contributed by atoms with Gasteiger partial charge in [-0.1, -0.05) is 18.2 Å². The van der Waals surface area contributed by atoms with Crippen LogP contribution in [0.25, 0.3) is 0 Å². The van der Waals surface area contributed by atoms with Crippen molar-refractivity contribution in [1.82, 2.24) is 5.32 Å². The maximum atomic E-state index is 13.4. The maximum Gasteiger partial charge on any atom is 0.416 e. The highest BCUT2D eigenvalue weighted by molar-refractivity contribution is 6.09. The summed E-state index contributed by atoms with van der Waals surface area (Å²) in [4.78, 5) is 26.3. The number of halogens is 3. The Bertz CT molecular complexity index is 1180. The number of allylic oxidation sites excluding steroid dienone is 3. The van der Waals surface area contributed by atoms with Gasteiger partial charge in [-0.25, -0.2) is 0 Å². The minimum absolute atomic E-state index is 0.0225. The van der Waals surface area contributed by atoms with Crippen LogP contribution in [0.4, 0.5) is 18.9 Å². The van der Waals surface area contributed by atoms with Gasteiger partial charge in [-0.3, -0.25) is 9.59 Å². The highest BCUT2D eigenvalue weighted by Crippen LogP contribution is 2.43. The molecular weight excluding hydrogens is 433 g/mol. The van der Waals surface area contributed by atoms with Crippen LogP contribution in [-0.4, -0.2) is 18.8 Å². The van der Waals surface area contributed by atoms with E-state index in [4.69, 9.17) is 4.74 Å². The van der Waals surface area contributed by atoms with E-state index in [1.54, 1.807) is 25.1 Å². The number of amides is 1. The molecule has 1 heterocycles. The molecule has 0 aromatic heterocycles. The predicted octanol–water partition coefficient (Wildman–Crippen LogP) is 5.32. The van der Waals surface area contributed by atoms with Gasteiger partial charge in [-0.2, -0.15) is 13.2 Å². The van der Waals surface area contributed by atoms with Crippen molar-refractivity contribution in [2.45, 2.75) is 38.3 Å². The van der Waals surface area contributed by atoms with Crippen LogP contribution in [0.15, 0.2) is 71.1 Å². The monoisotopic (exact) mass is 456 g/mol. The number of anilines is 1. The van der Waals surface area contributed by atoms with Crippen molar-refractivity contribution in [3.05, 3.63) is 82.2 Å². The van der Waals surface area contributed by atoms with Crippen molar-refractivity contribution in [2.24, 2.45) is 0 Å². The third-order valence-corrected chi connectivity index (χ3v) is 5.90. The van der Waals surface area contributed by atoms with Crippen molar-refractivity contribution < 1.29 is 27.5 Å². The van der Waals surface area contributed by atoms with Gasteiger partial charge in [0.25, 0.3) is 5.91 Å². The van der Waals surface area contributed by atoms with E-state index in [1.807, 2.05) is 6.07 Å². The first-order valence-electron chi connectivity index (χ1n) is 10.6. The Labute approximate surface area is 189 Å². The summed E-state index contributed by atoms with van der Waals surface area (Å²) < 4.78 is 44.7. The number of hydrogen-bond donors (Lipinski definition) is 2. The number of ketones is 1. The summed E-state index contributed by atoms with van der Waals surface area (Å²) in [5.41, 5.74) is 2.02. The van der Waals surface area contributed by atoms with Crippen molar-refractivity contribution in [3.63, 3.8) is 0 Å². The molecule has 0 unspecified atom stereocenters. The summed E-state index contributed by atoms with van der Waals surface area (Å²) in [5.74, 6) is -0.702. The number of methoxy groups -OCH3 is 1. The largest absolute Gasteiger partial charge is 0.497 e. The summed E-state index contributed by atoms with van der Waals surface area (Å²) in [6, 6.07) is 11.6. The lowest BCUT2D eigenvalue weighted by molar-refractivity contribution is -0.137. The van der Waals surface area contributed by atoms with Gasteiger partial charge in [0.05, 0.1) is 12.7 Å². The zero-order valence-corrected chi connectivity index (χ0v) is 18.2. The molecule has 1 amide bonds. The Hall–Kier alpha value is -3.55. The lowest BCUT2D eigenvalue weighted by Crippen LogP contribution is -2.35. The van der Waals surface area contributed by atoms with Gasteiger partial charge in [-0.15, -0.1) is 0 Å². The second-order valence-electron chi connectivity index (χ2n) is 8.07. The number of dihydropyridines is 1. The normalized spacial score (nSPS) is 18.6. The third-order valence-electron chi connectivity index (χ3n) is 5.90. The molecule has 4 rings (SSSR count). The SMILES string of the molecule is COc1cccc([C@@H]2C(C(=O)Nc3cccc(C(F)(F)F)c3)=C(C)NC3=C2C(=O)CCC3)c1. The number of Topliss-reactive ketones (excluding diaryl/α,β-unsaturated/α-hetero) is 1. The fourth-order valence-electron chi connectivity index (χ4n) is 4.41. The van der Waals surface area contributed by atoms with Crippen molar-refractivity contribution in [2.75, 3.05) is 12.4 Å². The van der Waals surface area contributed by atoms with E-state index in [1.165, 1.54) is 19.2 Å². The number of carbonyl (C=O) groups excluding carboxylic acids is 2. The van der Waals surface area contributed by atoms with E-state index >= 15 is 0 Å². The van der Waals surface area contributed by atoms with Crippen LogP contribution in [-0.2, 0) is 15.8 Å². The summed E-state index contributed by atoms with van der Waals surface area (Å²) >= 11 is 0. The number of alkyl halides is 3. The van der Waals surface area contributed by atoms with Crippen molar-refractivity contribution >= 4 is 17.4 Å². The van der Waals surface area contributed by atoms with Crippen LogP contribution in [0.5, 0.6) is 5.75 Å². The average Bonchev–Trinajstić information content (AvgIpc) is 2.78. The fraction of sp³-hybridized carbons (Fsp3) is 0.280. The lowest BCUT2D eigenvalue weighted by Gasteiger charge is -2.34. The van der Waals surface area contributed by atoms with Crippen LogP contribution >= 0.6 is 0 Å². The molecule has 2 aromatic rings. The molecule has 2 aliphatic rings. The predicted molar refractivity (Wildman–Crippen MR) is 118 cm³/mol. The highest BCUT2D eigenvalue weighted by Gasteiger charge is 2.38. The van der Waals surface area contributed by atoms with Gasteiger partial charge in [-0.05, 0) is 55.7 Å². The molecule has 5 nitrogen and oxygen atoms in total. The number of nitrogens with one attached hydrogen (secondary N) is 2. The molecule has 172 valence electrons. The Morgan fingerprint density at radius 1 is 1.12 bits per heavy atom. The Kier molecular flexibility index (Phi) is 6.01. The average molecular weight is 456 g/mol. The van der Waals surface area contributed by atoms with Crippen molar-refractivity contribution in [1.29, 1.82) is 0 Å². The molecule has 0 radical (unpaired) electrons. The standard InChI is InChI=1S/C25H23F3N2O3/c1-14-21(24(32)30-17-8-4-7-16(13-17)25(26,27)28)22(15-6-3-9-18(12-15)33-2)23-19(29-14)10-5-11-20(23)31/h3-4,6-9,12-13,22,29H,5,10-11H2,1-2H3,(H,30,32)/t22-/m1/s1. The first kappa shape index (κ1) is 22.6. The van der Waals surface area contributed by atoms with Crippen LogP contribution in [0.1, 0.15) is 43.2 Å². The molecule has 0 saturated heterocycles. The Morgan fingerprint density at radius 3 is 2.61 bits per heavy atom. The lowest BCUT2D eigenvalue weighted by atomic mass is 9.75. The van der Waals surface area contributed by atoms with Crippen LogP contribution in [0.3, 0.4) is 0 Å². The highest BCUT2D eigenvalue weighted by atomic mass is 19.4. The van der Waals surface area contributed by atoms with E-state index in [2.05, 4.69) is 10.6 Å². The molecule has 8 heteroatoms. The van der Waals surface area contributed by atoms with Gasteiger partial charge < -0.3 is 15.4 Å². The second-order valence-corrected chi connectivity index (χ2v) is 8.07.